The van der Waals surface area contributed by atoms with Crippen molar-refractivity contribution in [1.29, 1.82) is 0 Å². The maximum atomic E-state index is 13.1. The summed E-state index contributed by atoms with van der Waals surface area (Å²) >= 11 is 5.97. The van der Waals surface area contributed by atoms with E-state index < -0.39 is 9.84 Å². The van der Waals surface area contributed by atoms with E-state index in [9.17, 15) is 13.2 Å². The van der Waals surface area contributed by atoms with Gasteiger partial charge in [0.1, 0.15) is 0 Å². The summed E-state index contributed by atoms with van der Waals surface area (Å²) in [5.41, 5.74) is 2.31. The first kappa shape index (κ1) is 18.9. The molecular formula is C20H22ClNO3S. The van der Waals surface area contributed by atoms with Crippen molar-refractivity contribution in [3.05, 3.63) is 70.2 Å². The molecule has 0 radical (unpaired) electrons. The second kappa shape index (κ2) is 7.41. The predicted octanol–water partition coefficient (Wildman–Crippen LogP) is 4.25. The third-order valence-corrected chi connectivity index (χ3v) is 5.68. The van der Waals surface area contributed by atoms with Gasteiger partial charge in [0.2, 0.25) is 0 Å². The number of hydrogen-bond acceptors (Lipinski definition) is 3. The van der Waals surface area contributed by atoms with Gasteiger partial charge < -0.3 is 4.90 Å². The topological polar surface area (TPSA) is 54.5 Å². The molecule has 3 rings (SSSR count). The molecule has 1 saturated carbocycles. The zero-order valence-corrected chi connectivity index (χ0v) is 16.4. The van der Waals surface area contributed by atoms with Crippen molar-refractivity contribution >= 4 is 27.3 Å². The summed E-state index contributed by atoms with van der Waals surface area (Å²) in [4.78, 5) is 15.0. The van der Waals surface area contributed by atoms with Crippen LogP contribution in [0.15, 0.2) is 48.5 Å². The van der Waals surface area contributed by atoms with Gasteiger partial charge in [-0.2, -0.15) is 0 Å². The van der Waals surface area contributed by atoms with Crippen LogP contribution in [0.5, 0.6) is 0 Å². The van der Waals surface area contributed by atoms with Gasteiger partial charge in [-0.1, -0.05) is 35.9 Å². The molecule has 0 heterocycles. The smallest absolute Gasteiger partial charge is 0.254 e. The van der Waals surface area contributed by atoms with Crippen molar-refractivity contribution in [2.24, 2.45) is 0 Å². The van der Waals surface area contributed by atoms with Gasteiger partial charge in [0, 0.05) is 22.9 Å². The molecule has 138 valence electrons. The van der Waals surface area contributed by atoms with Gasteiger partial charge in [0.15, 0.2) is 9.84 Å². The van der Waals surface area contributed by atoms with Gasteiger partial charge >= 0.3 is 0 Å². The molecule has 0 spiro atoms. The minimum absolute atomic E-state index is 0.0189. The molecule has 1 unspecified atom stereocenters. The highest BCUT2D eigenvalue weighted by Gasteiger charge is 2.36. The van der Waals surface area contributed by atoms with Crippen LogP contribution in [0.3, 0.4) is 0 Å². The van der Waals surface area contributed by atoms with E-state index in [1.165, 1.54) is 6.26 Å². The normalized spacial score (nSPS) is 15.5. The van der Waals surface area contributed by atoms with Crippen LogP contribution in [0.4, 0.5) is 0 Å². The lowest BCUT2D eigenvalue weighted by Gasteiger charge is -2.30. The van der Waals surface area contributed by atoms with E-state index in [4.69, 9.17) is 11.6 Å². The minimum Gasteiger partial charge on any atom is -0.329 e. The van der Waals surface area contributed by atoms with E-state index in [0.29, 0.717) is 16.1 Å². The number of carbonyl (C=O) groups is 1. The molecule has 0 aliphatic heterocycles. The second-order valence-electron chi connectivity index (χ2n) is 6.94. The Labute approximate surface area is 159 Å². The van der Waals surface area contributed by atoms with E-state index in [2.05, 4.69) is 0 Å². The van der Waals surface area contributed by atoms with E-state index in [1.54, 1.807) is 24.3 Å². The maximum absolute atomic E-state index is 13.1. The lowest BCUT2D eigenvalue weighted by Crippen LogP contribution is -2.35. The Hall–Kier alpha value is -1.85. The van der Waals surface area contributed by atoms with Crippen molar-refractivity contribution in [2.75, 3.05) is 6.26 Å². The Morgan fingerprint density at radius 2 is 1.69 bits per heavy atom. The van der Waals surface area contributed by atoms with Gasteiger partial charge in [-0.25, -0.2) is 8.42 Å². The highest BCUT2D eigenvalue weighted by molar-refractivity contribution is 7.89. The van der Waals surface area contributed by atoms with Crippen LogP contribution in [0, 0.1) is 0 Å². The van der Waals surface area contributed by atoms with Gasteiger partial charge in [-0.15, -0.1) is 0 Å². The standard InChI is InChI=1S/C20H22ClNO3S/c1-14(16-7-9-18(21)10-8-16)22(19-11-12-19)20(23)17-5-3-15(4-6-17)13-26(2,24)25/h3-10,14,19H,11-13H2,1-2H3. The zero-order chi connectivity index (χ0) is 18.9. The fourth-order valence-corrected chi connectivity index (χ4v) is 4.03. The maximum Gasteiger partial charge on any atom is 0.254 e. The lowest BCUT2D eigenvalue weighted by molar-refractivity contribution is 0.0674. The Morgan fingerprint density at radius 1 is 1.12 bits per heavy atom. The van der Waals surface area contributed by atoms with E-state index in [-0.39, 0.29) is 23.7 Å². The van der Waals surface area contributed by atoms with Gasteiger partial charge in [-0.3, -0.25) is 4.79 Å². The first-order chi connectivity index (χ1) is 12.2. The third kappa shape index (κ3) is 4.65. The number of rotatable bonds is 6. The van der Waals surface area contributed by atoms with Crippen molar-refractivity contribution in [1.82, 2.24) is 4.90 Å². The Morgan fingerprint density at radius 3 is 2.19 bits per heavy atom. The summed E-state index contributed by atoms with van der Waals surface area (Å²) in [7, 11) is -3.09. The van der Waals surface area contributed by atoms with Crippen LogP contribution in [-0.4, -0.2) is 31.5 Å². The van der Waals surface area contributed by atoms with Gasteiger partial charge in [-0.05, 0) is 55.2 Å². The molecule has 2 aromatic carbocycles. The number of amides is 1. The van der Waals surface area contributed by atoms with Crippen molar-refractivity contribution in [3.63, 3.8) is 0 Å². The van der Waals surface area contributed by atoms with E-state index in [1.807, 2.05) is 36.1 Å². The molecule has 6 heteroatoms. The fraction of sp³-hybridized carbons (Fsp3) is 0.350. The SMILES string of the molecule is CC(c1ccc(Cl)cc1)N(C(=O)c1ccc(CS(C)(=O)=O)cc1)C1CC1. The molecule has 0 saturated heterocycles. The number of benzene rings is 2. The monoisotopic (exact) mass is 391 g/mol. The number of carbonyl (C=O) groups excluding carboxylic acids is 1. The van der Waals surface area contributed by atoms with Crippen molar-refractivity contribution < 1.29 is 13.2 Å². The summed E-state index contributed by atoms with van der Waals surface area (Å²) in [6.07, 6.45) is 3.22. The number of sulfone groups is 1. The molecule has 1 aliphatic carbocycles. The van der Waals surface area contributed by atoms with Gasteiger partial charge in [0.05, 0.1) is 11.8 Å². The molecular weight excluding hydrogens is 370 g/mol. The summed E-state index contributed by atoms with van der Waals surface area (Å²) < 4.78 is 22.8. The molecule has 0 bridgehead atoms. The van der Waals surface area contributed by atoms with Crippen LogP contribution >= 0.6 is 11.6 Å². The van der Waals surface area contributed by atoms with Crippen LogP contribution in [0.2, 0.25) is 5.02 Å². The molecule has 1 fully saturated rings. The Balaban J connectivity index is 1.82. The first-order valence-electron chi connectivity index (χ1n) is 8.59. The average Bonchev–Trinajstić information content (AvgIpc) is 3.39. The van der Waals surface area contributed by atoms with Gasteiger partial charge in [0.25, 0.3) is 5.91 Å². The predicted molar refractivity (Wildman–Crippen MR) is 104 cm³/mol. The van der Waals surface area contributed by atoms with Crippen LogP contribution < -0.4 is 0 Å². The first-order valence-corrected chi connectivity index (χ1v) is 11.0. The number of halogens is 1. The van der Waals surface area contributed by atoms with E-state index >= 15 is 0 Å². The summed E-state index contributed by atoms with van der Waals surface area (Å²) in [5, 5.41) is 0.673. The summed E-state index contributed by atoms with van der Waals surface area (Å²) in [6.45, 7) is 2.03. The molecule has 26 heavy (non-hydrogen) atoms. The zero-order valence-electron chi connectivity index (χ0n) is 14.9. The lowest BCUT2D eigenvalue weighted by atomic mass is 10.0. The molecule has 1 atom stereocenters. The number of hydrogen-bond donors (Lipinski definition) is 0. The second-order valence-corrected chi connectivity index (χ2v) is 9.51. The third-order valence-electron chi connectivity index (χ3n) is 4.57. The molecule has 4 nitrogen and oxygen atoms in total. The molecule has 0 aromatic heterocycles. The molecule has 1 amide bonds. The van der Waals surface area contributed by atoms with E-state index in [0.717, 1.165) is 18.4 Å². The molecule has 1 aliphatic rings. The molecule has 0 N–H and O–H groups in total. The average molecular weight is 392 g/mol. The number of nitrogens with zero attached hydrogens (tertiary/aromatic N) is 1. The van der Waals surface area contributed by atoms with Crippen molar-refractivity contribution in [2.45, 2.75) is 37.6 Å². The summed E-state index contributed by atoms with van der Waals surface area (Å²) in [5.74, 6) is -0.0458. The van der Waals surface area contributed by atoms with Crippen LogP contribution in [0.1, 0.15) is 47.3 Å². The highest BCUT2D eigenvalue weighted by Crippen LogP contribution is 2.36. The van der Waals surface area contributed by atoms with Crippen LogP contribution in [0.25, 0.3) is 0 Å². The minimum atomic E-state index is -3.09. The molecule has 2 aromatic rings. The Kier molecular flexibility index (Phi) is 5.39. The van der Waals surface area contributed by atoms with Crippen molar-refractivity contribution in [3.8, 4) is 0 Å². The summed E-state index contributed by atoms with van der Waals surface area (Å²) in [6, 6.07) is 14.6. The largest absolute Gasteiger partial charge is 0.329 e. The fourth-order valence-electron chi connectivity index (χ4n) is 3.11. The van der Waals surface area contributed by atoms with Crippen LogP contribution in [-0.2, 0) is 15.6 Å². The quantitative estimate of drug-likeness (QED) is 0.739. The highest BCUT2D eigenvalue weighted by atomic mass is 35.5. The Bertz CT molecular complexity index is 888.